The summed E-state index contributed by atoms with van der Waals surface area (Å²) in [6.07, 6.45) is 2.41. The van der Waals surface area contributed by atoms with Gasteiger partial charge in [0.15, 0.2) is 0 Å². The van der Waals surface area contributed by atoms with Gasteiger partial charge in [0, 0.05) is 6.61 Å². The SMILES string of the molecule is CCCCOC(CC)COC(C)COC(=O)OCC. The summed E-state index contributed by atoms with van der Waals surface area (Å²) in [6.45, 7) is 9.61. The van der Waals surface area contributed by atoms with Crippen molar-refractivity contribution >= 4 is 6.16 Å². The van der Waals surface area contributed by atoms with E-state index in [-0.39, 0.29) is 18.8 Å². The van der Waals surface area contributed by atoms with Gasteiger partial charge in [0.25, 0.3) is 0 Å². The van der Waals surface area contributed by atoms with E-state index in [0.29, 0.717) is 13.2 Å². The molecule has 0 fully saturated rings. The summed E-state index contributed by atoms with van der Waals surface area (Å²) in [4.78, 5) is 11.0. The summed E-state index contributed by atoms with van der Waals surface area (Å²) in [5.74, 6) is 0. The highest BCUT2D eigenvalue weighted by Crippen LogP contribution is 2.04. The highest BCUT2D eigenvalue weighted by atomic mass is 16.7. The summed E-state index contributed by atoms with van der Waals surface area (Å²) in [5.41, 5.74) is 0. The van der Waals surface area contributed by atoms with Crippen LogP contribution < -0.4 is 0 Å². The smallest absolute Gasteiger partial charge is 0.435 e. The van der Waals surface area contributed by atoms with E-state index in [1.54, 1.807) is 6.92 Å². The molecule has 5 heteroatoms. The lowest BCUT2D eigenvalue weighted by Gasteiger charge is -2.19. The fourth-order valence-corrected chi connectivity index (χ4v) is 1.34. The molecule has 0 aromatic heterocycles. The van der Waals surface area contributed by atoms with Crippen molar-refractivity contribution in [1.29, 1.82) is 0 Å². The number of carbonyl (C=O) groups excluding carboxylic acids is 1. The van der Waals surface area contributed by atoms with Crippen LogP contribution in [0.5, 0.6) is 0 Å². The van der Waals surface area contributed by atoms with Crippen molar-refractivity contribution in [3.8, 4) is 0 Å². The topological polar surface area (TPSA) is 54.0 Å². The van der Waals surface area contributed by atoms with E-state index in [1.165, 1.54) is 0 Å². The molecule has 0 aromatic rings. The molecule has 0 saturated heterocycles. The largest absolute Gasteiger partial charge is 0.508 e. The molecule has 0 saturated carbocycles. The molecule has 5 nitrogen and oxygen atoms in total. The number of carbonyl (C=O) groups is 1. The highest BCUT2D eigenvalue weighted by Gasteiger charge is 2.12. The van der Waals surface area contributed by atoms with Crippen LogP contribution in [-0.2, 0) is 18.9 Å². The van der Waals surface area contributed by atoms with Gasteiger partial charge in [0.1, 0.15) is 6.61 Å². The van der Waals surface area contributed by atoms with Crippen LogP contribution >= 0.6 is 0 Å². The summed E-state index contributed by atoms with van der Waals surface area (Å²) >= 11 is 0. The lowest BCUT2D eigenvalue weighted by molar-refractivity contribution is -0.0606. The minimum atomic E-state index is -0.649. The maximum atomic E-state index is 11.0. The minimum Gasteiger partial charge on any atom is -0.435 e. The molecule has 0 aliphatic carbocycles. The molecule has 0 aliphatic rings. The van der Waals surface area contributed by atoms with Gasteiger partial charge in [-0.05, 0) is 26.7 Å². The van der Waals surface area contributed by atoms with Crippen molar-refractivity contribution in [3.63, 3.8) is 0 Å². The van der Waals surface area contributed by atoms with E-state index >= 15 is 0 Å². The summed E-state index contributed by atoms with van der Waals surface area (Å²) in [6, 6.07) is 0. The van der Waals surface area contributed by atoms with E-state index in [4.69, 9.17) is 14.2 Å². The molecule has 0 aromatic carbocycles. The van der Waals surface area contributed by atoms with Crippen LogP contribution in [0.25, 0.3) is 0 Å². The van der Waals surface area contributed by atoms with Crippen molar-refractivity contribution in [2.75, 3.05) is 26.4 Å². The van der Waals surface area contributed by atoms with Gasteiger partial charge < -0.3 is 18.9 Å². The van der Waals surface area contributed by atoms with Gasteiger partial charge in [-0.1, -0.05) is 20.3 Å². The molecule has 0 aliphatic heterocycles. The van der Waals surface area contributed by atoms with Gasteiger partial charge in [-0.2, -0.15) is 0 Å². The van der Waals surface area contributed by atoms with Crippen LogP contribution in [-0.4, -0.2) is 44.8 Å². The molecule has 0 N–H and O–H groups in total. The molecule has 0 spiro atoms. The van der Waals surface area contributed by atoms with Gasteiger partial charge in [0.2, 0.25) is 0 Å². The highest BCUT2D eigenvalue weighted by molar-refractivity contribution is 5.59. The molecule has 2 unspecified atom stereocenters. The van der Waals surface area contributed by atoms with Gasteiger partial charge in [0.05, 0.1) is 25.4 Å². The first-order valence-electron chi connectivity index (χ1n) is 7.16. The third-order valence-electron chi connectivity index (χ3n) is 2.57. The monoisotopic (exact) mass is 276 g/mol. The molecular formula is C14H28O5. The molecule has 114 valence electrons. The van der Waals surface area contributed by atoms with Crippen molar-refractivity contribution in [3.05, 3.63) is 0 Å². The predicted molar refractivity (Wildman–Crippen MR) is 73.3 cm³/mol. The number of ether oxygens (including phenoxy) is 4. The Hall–Kier alpha value is -0.810. The summed E-state index contributed by atoms with van der Waals surface area (Å²) < 4.78 is 20.8. The molecule has 0 rings (SSSR count). The van der Waals surface area contributed by atoms with Crippen molar-refractivity contribution < 1.29 is 23.7 Å². The number of hydrogen-bond acceptors (Lipinski definition) is 5. The molecular weight excluding hydrogens is 248 g/mol. The van der Waals surface area contributed by atoms with Gasteiger partial charge in [-0.25, -0.2) is 4.79 Å². The Morgan fingerprint density at radius 1 is 1.05 bits per heavy atom. The van der Waals surface area contributed by atoms with E-state index < -0.39 is 6.16 Å². The Balaban J connectivity index is 3.67. The Bertz CT molecular complexity index is 220. The predicted octanol–water partition coefficient (Wildman–Crippen LogP) is 3.16. The van der Waals surface area contributed by atoms with Crippen molar-refractivity contribution in [2.24, 2.45) is 0 Å². The van der Waals surface area contributed by atoms with E-state index in [1.807, 2.05) is 6.92 Å². The molecule has 0 radical (unpaired) electrons. The van der Waals surface area contributed by atoms with Crippen LogP contribution in [0.4, 0.5) is 4.79 Å². The number of unbranched alkanes of at least 4 members (excludes halogenated alkanes) is 1. The zero-order chi connectivity index (χ0) is 14.5. The van der Waals surface area contributed by atoms with Crippen LogP contribution in [0.15, 0.2) is 0 Å². The average molecular weight is 276 g/mol. The Morgan fingerprint density at radius 3 is 2.37 bits per heavy atom. The normalized spacial score (nSPS) is 13.9. The van der Waals surface area contributed by atoms with Crippen molar-refractivity contribution in [2.45, 2.75) is 59.2 Å². The maximum Gasteiger partial charge on any atom is 0.508 e. The first-order chi connectivity index (χ1) is 9.13. The van der Waals surface area contributed by atoms with E-state index in [9.17, 15) is 4.79 Å². The summed E-state index contributed by atoms with van der Waals surface area (Å²) in [7, 11) is 0. The number of hydrogen-bond donors (Lipinski definition) is 0. The lowest BCUT2D eigenvalue weighted by atomic mass is 10.3. The molecule has 2 atom stereocenters. The second kappa shape index (κ2) is 12.2. The average Bonchev–Trinajstić information content (AvgIpc) is 2.40. The third kappa shape index (κ3) is 10.8. The Kier molecular flexibility index (Phi) is 11.7. The minimum absolute atomic E-state index is 0.108. The van der Waals surface area contributed by atoms with Gasteiger partial charge >= 0.3 is 6.16 Å². The van der Waals surface area contributed by atoms with Crippen LogP contribution in [0, 0.1) is 0 Å². The zero-order valence-corrected chi connectivity index (χ0v) is 12.6. The second-order valence-corrected chi connectivity index (χ2v) is 4.39. The van der Waals surface area contributed by atoms with Crippen LogP contribution in [0.2, 0.25) is 0 Å². The third-order valence-corrected chi connectivity index (χ3v) is 2.57. The fourth-order valence-electron chi connectivity index (χ4n) is 1.34. The van der Waals surface area contributed by atoms with Gasteiger partial charge in [-0.15, -0.1) is 0 Å². The molecule has 19 heavy (non-hydrogen) atoms. The maximum absolute atomic E-state index is 11.0. The standard InChI is InChI=1S/C14H28O5/c1-5-8-9-17-13(6-2)11-18-12(4)10-19-14(15)16-7-3/h12-13H,5-11H2,1-4H3. The van der Waals surface area contributed by atoms with E-state index in [0.717, 1.165) is 25.9 Å². The van der Waals surface area contributed by atoms with Gasteiger partial charge in [-0.3, -0.25) is 0 Å². The van der Waals surface area contributed by atoms with Crippen LogP contribution in [0.1, 0.15) is 47.0 Å². The quantitative estimate of drug-likeness (QED) is 0.428. The molecule has 0 amide bonds. The Labute approximate surface area is 116 Å². The zero-order valence-electron chi connectivity index (χ0n) is 12.6. The Morgan fingerprint density at radius 2 is 1.79 bits per heavy atom. The first-order valence-corrected chi connectivity index (χ1v) is 7.16. The summed E-state index contributed by atoms with van der Waals surface area (Å²) in [5, 5.41) is 0. The molecule has 0 bridgehead atoms. The lowest BCUT2D eigenvalue weighted by Crippen LogP contribution is -2.26. The van der Waals surface area contributed by atoms with Crippen LogP contribution in [0.3, 0.4) is 0 Å². The number of rotatable bonds is 11. The fraction of sp³-hybridized carbons (Fsp3) is 0.929. The van der Waals surface area contributed by atoms with E-state index in [2.05, 4.69) is 18.6 Å². The second-order valence-electron chi connectivity index (χ2n) is 4.39. The molecule has 0 heterocycles. The first kappa shape index (κ1) is 18.2. The van der Waals surface area contributed by atoms with Crippen molar-refractivity contribution in [1.82, 2.24) is 0 Å².